The Bertz CT molecular complexity index is 523. The highest BCUT2D eigenvalue weighted by Crippen LogP contribution is 2.38. The molecule has 3 rings (SSSR count). The maximum Gasteiger partial charge on any atom is 0.205 e. The zero-order chi connectivity index (χ0) is 11.7. The van der Waals surface area contributed by atoms with Crippen LogP contribution in [0, 0.1) is 0 Å². The van der Waals surface area contributed by atoms with Crippen molar-refractivity contribution in [3.63, 3.8) is 0 Å². The van der Waals surface area contributed by atoms with E-state index in [2.05, 4.69) is 33.5 Å². The third-order valence-corrected chi connectivity index (χ3v) is 4.02. The molecule has 0 saturated heterocycles. The molecule has 0 amide bonds. The minimum atomic E-state index is 0.344. The Kier molecular flexibility index (Phi) is 2.76. The van der Waals surface area contributed by atoms with Crippen molar-refractivity contribution in [3.8, 4) is 0 Å². The number of pyridine rings is 1. The van der Waals surface area contributed by atoms with Crippen LogP contribution in [0.1, 0.15) is 35.5 Å². The lowest BCUT2D eigenvalue weighted by Crippen LogP contribution is -1.97. The molecule has 0 bridgehead atoms. The van der Waals surface area contributed by atoms with Gasteiger partial charge in [-0.3, -0.25) is 4.98 Å². The van der Waals surface area contributed by atoms with Gasteiger partial charge >= 0.3 is 0 Å². The van der Waals surface area contributed by atoms with E-state index in [9.17, 15) is 0 Å². The minimum Gasteiger partial charge on any atom is -0.360 e. The van der Waals surface area contributed by atoms with E-state index in [0.717, 1.165) is 29.5 Å². The summed E-state index contributed by atoms with van der Waals surface area (Å²) in [6, 6.07) is 4.17. The van der Waals surface area contributed by atoms with Gasteiger partial charge in [0.1, 0.15) is 5.01 Å². The molecule has 2 aromatic heterocycles. The van der Waals surface area contributed by atoms with Crippen LogP contribution in [0.15, 0.2) is 18.3 Å². The van der Waals surface area contributed by atoms with Gasteiger partial charge in [-0.1, -0.05) is 17.4 Å². The van der Waals surface area contributed by atoms with Crippen LogP contribution in [0.5, 0.6) is 0 Å². The third kappa shape index (κ3) is 1.91. The number of aryl methyl sites for hydroxylation is 1. The van der Waals surface area contributed by atoms with E-state index in [1.54, 1.807) is 11.3 Å². The van der Waals surface area contributed by atoms with E-state index in [-0.39, 0.29) is 0 Å². The molecule has 1 atom stereocenters. The summed E-state index contributed by atoms with van der Waals surface area (Å²) in [5.41, 5.74) is 2.55. The first-order valence-electron chi connectivity index (χ1n) is 5.89. The number of anilines is 1. The molecule has 0 fully saturated rings. The number of nitrogens with one attached hydrogen (secondary N) is 1. The molecule has 0 saturated carbocycles. The fraction of sp³-hybridized carbons (Fsp3) is 0.417. The molecule has 2 aromatic rings. The van der Waals surface area contributed by atoms with Crippen LogP contribution in [0.25, 0.3) is 0 Å². The Hall–Kier alpha value is -1.49. The Morgan fingerprint density at radius 3 is 3.29 bits per heavy atom. The molecular weight excluding hydrogens is 232 g/mol. The zero-order valence-corrected chi connectivity index (χ0v) is 10.5. The zero-order valence-electron chi connectivity index (χ0n) is 9.68. The smallest absolute Gasteiger partial charge is 0.205 e. The van der Waals surface area contributed by atoms with Crippen LogP contribution in [0.2, 0.25) is 0 Å². The maximum atomic E-state index is 4.49. The minimum absolute atomic E-state index is 0.344. The lowest BCUT2D eigenvalue weighted by Gasteiger charge is -2.04. The summed E-state index contributed by atoms with van der Waals surface area (Å²) >= 11 is 1.64. The first-order valence-corrected chi connectivity index (χ1v) is 6.71. The van der Waals surface area contributed by atoms with Gasteiger partial charge in [-0.2, -0.15) is 0 Å². The molecule has 0 aliphatic heterocycles. The number of hydrogen-bond donors (Lipinski definition) is 1. The maximum absolute atomic E-state index is 4.49. The van der Waals surface area contributed by atoms with Gasteiger partial charge in [-0.05, 0) is 31.4 Å². The summed E-state index contributed by atoms with van der Waals surface area (Å²) in [4.78, 5) is 4.49. The van der Waals surface area contributed by atoms with Crippen LogP contribution in [-0.2, 0) is 6.42 Å². The number of hydrogen-bond acceptors (Lipinski definition) is 5. The number of nitrogens with zero attached hydrogens (tertiary/aromatic N) is 3. The summed E-state index contributed by atoms with van der Waals surface area (Å²) in [7, 11) is 0. The average molecular weight is 246 g/mol. The molecule has 1 N–H and O–H groups in total. The molecule has 2 heterocycles. The van der Waals surface area contributed by atoms with Crippen molar-refractivity contribution in [2.24, 2.45) is 0 Å². The summed E-state index contributed by atoms with van der Waals surface area (Å²) < 4.78 is 0. The van der Waals surface area contributed by atoms with Crippen molar-refractivity contribution in [3.05, 3.63) is 34.6 Å². The Balaban J connectivity index is 1.90. The molecule has 5 heteroatoms. The predicted molar refractivity (Wildman–Crippen MR) is 68.5 cm³/mol. The summed E-state index contributed by atoms with van der Waals surface area (Å²) in [5, 5.41) is 13.6. The summed E-state index contributed by atoms with van der Waals surface area (Å²) in [5.74, 6) is 0.344. The van der Waals surface area contributed by atoms with Crippen LogP contribution in [0.3, 0.4) is 0 Å². The third-order valence-electron chi connectivity index (χ3n) is 3.03. The Labute approximate surface area is 104 Å². The van der Waals surface area contributed by atoms with E-state index in [4.69, 9.17) is 0 Å². The van der Waals surface area contributed by atoms with E-state index in [1.807, 2.05) is 12.3 Å². The largest absolute Gasteiger partial charge is 0.360 e. The van der Waals surface area contributed by atoms with Gasteiger partial charge in [0.05, 0.1) is 11.6 Å². The van der Waals surface area contributed by atoms with Crippen molar-refractivity contribution < 1.29 is 0 Å². The van der Waals surface area contributed by atoms with Gasteiger partial charge in [-0.15, -0.1) is 10.2 Å². The second-order valence-corrected chi connectivity index (χ2v) is 5.12. The van der Waals surface area contributed by atoms with Crippen LogP contribution in [0.4, 0.5) is 5.13 Å². The Morgan fingerprint density at radius 2 is 2.41 bits per heavy atom. The van der Waals surface area contributed by atoms with E-state index < -0.39 is 0 Å². The average Bonchev–Trinajstić information content (AvgIpc) is 2.95. The van der Waals surface area contributed by atoms with Gasteiger partial charge in [0.25, 0.3) is 0 Å². The molecule has 88 valence electrons. The molecule has 1 aliphatic rings. The first-order chi connectivity index (χ1) is 8.38. The highest BCUT2D eigenvalue weighted by Gasteiger charge is 2.28. The Morgan fingerprint density at radius 1 is 1.47 bits per heavy atom. The van der Waals surface area contributed by atoms with Crippen LogP contribution in [-0.4, -0.2) is 21.7 Å². The van der Waals surface area contributed by atoms with Crippen LogP contribution >= 0.6 is 11.3 Å². The second kappa shape index (κ2) is 4.41. The molecule has 1 unspecified atom stereocenters. The SMILES string of the molecule is CCNc1nnc(C2CCc3cccnc32)s1. The number of aromatic nitrogens is 3. The molecule has 1 aliphatic carbocycles. The normalized spacial score (nSPS) is 18.1. The quantitative estimate of drug-likeness (QED) is 0.903. The van der Waals surface area contributed by atoms with E-state index >= 15 is 0 Å². The van der Waals surface area contributed by atoms with Crippen molar-refractivity contribution >= 4 is 16.5 Å². The summed E-state index contributed by atoms with van der Waals surface area (Å²) in [6.45, 7) is 2.95. The second-order valence-electron chi connectivity index (χ2n) is 4.11. The highest BCUT2D eigenvalue weighted by atomic mass is 32.1. The molecular formula is C12H14N4S. The molecule has 0 aromatic carbocycles. The molecule has 0 spiro atoms. The van der Waals surface area contributed by atoms with E-state index in [1.165, 1.54) is 11.3 Å². The number of rotatable bonds is 3. The van der Waals surface area contributed by atoms with Crippen LogP contribution < -0.4 is 5.32 Å². The van der Waals surface area contributed by atoms with Crippen molar-refractivity contribution in [2.45, 2.75) is 25.7 Å². The van der Waals surface area contributed by atoms with Crippen molar-refractivity contribution in [1.29, 1.82) is 0 Å². The lowest BCUT2D eigenvalue weighted by molar-refractivity contribution is 0.751. The predicted octanol–water partition coefficient (Wildman–Crippen LogP) is 2.44. The van der Waals surface area contributed by atoms with Crippen molar-refractivity contribution in [2.75, 3.05) is 11.9 Å². The van der Waals surface area contributed by atoms with Gasteiger partial charge in [0, 0.05) is 12.7 Å². The van der Waals surface area contributed by atoms with Gasteiger partial charge in [0.15, 0.2) is 0 Å². The standard InChI is InChI=1S/C12H14N4S/c1-2-13-12-16-15-11(17-12)9-6-5-8-4-3-7-14-10(8)9/h3-4,7,9H,2,5-6H2,1H3,(H,13,16). The topological polar surface area (TPSA) is 50.7 Å². The first kappa shape index (κ1) is 10.7. The molecule has 17 heavy (non-hydrogen) atoms. The molecule has 0 radical (unpaired) electrons. The summed E-state index contributed by atoms with van der Waals surface area (Å²) in [6.07, 6.45) is 4.07. The monoisotopic (exact) mass is 246 g/mol. The number of fused-ring (bicyclic) bond motifs is 1. The van der Waals surface area contributed by atoms with Gasteiger partial charge < -0.3 is 5.32 Å². The van der Waals surface area contributed by atoms with Gasteiger partial charge in [0.2, 0.25) is 5.13 Å². The van der Waals surface area contributed by atoms with E-state index in [0.29, 0.717) is 5.92 Å². The fourth-order valence-corrected chi connectivity index (χ4v) is 3.20. The highest BCUT2D eigenvalue weighted by molar-refractivity contribution is 7.15. The van der Waals surface area contributed by atoms with Gasteiger partial charge in [-0.25, -0.2) is 0 Å². The molecule has 4 nitrogen and oxygen atoms in total. The lowest BCUT2D eigenvalue weighted by atomic mass is 10.1. The van der Waals surface area contributed by atoms with Crippen molar-refractivity contribution in [1.82, 2.24) is 15.2 Å². The fourth-order valence-electron chi connectivity index (χ4n) is 2.25.